The van der Waals surface area contributed by atoms with E-state index < -0.39 is 10.0 Å². The molecule has 0 bridgehead atoms. The third-order valence-corrected chi connectivity index (χ3v) is 3.52. The average molecular weight is 224 g/mol. The zero-order valence-electron chi connectivity index (χ0n) is 7.99. The molecule has 0 saturated carbocycles. The van der Waals surface area contributed by atoms with Crippen LogP contribution in [0.5, 0.6) is 0 Å². The van der Waals surface area contributed by atoms with Crippen LogP contribution in [0.25, 0.3) is 0 Å². The maximum absolute atomic E-state index is 11.4. The summed E-state index contributed by atoms with van der Waals surface area (Å²) in [6.07, 6.45) is 0.766. The first-order valence-electron chi connectivity index (χ1n) is 4.20. The molecular weight excluding hydrogens is 208 g/mol. The Bertz CT molecular complexity index is 262. The van der Waals surface area contributed by atoms with Crippen molar-refractivity contribution in [3.8, 4) is 0 Å². The van der Waals surface area contributed by atoms with Gasteiger partial charge in [0.2, 0.25) is 10.0 Å². The van der Waals surface area contributed by atoms with Gasteiger partial charge in [-0.2, -0.15) is 4.31 Å². The second-order valence-electron chi connectivity index (χ2n) is 2.70. The maximum atomic E-state index is 11.4. The van der Waals surface area contributed by atoms with Gasteiger partial charge in [0.05, 0.1) is 17.3 Å². The Balaban J connectivity index is 4.51. The van der Waals surface area contributed by atoms with Crippen LogP contribution in [0.2, 0.25) is 0 Å². The van der Waals surface area contributed by atoms with Crippen LogP contribution >= 0.6 is 12.2 Å². The minimum Gasteiger partial charge on any atom is -0.392 e. The molecule has 0 amide bonds. The third-order valence-electron chi connectivity index (χ3n) is 1.56. The molecule has 0 heterocycles. The van der Waals surface area contributed by atoms with Gasteiger partial charge in [-0.3, -0.25) is 0 Å². The van der Waals surface area contributed by atoms with Crippen molar-refractivity contribution in [3.63, 3.8) is 0 Å². The molecule has 2 N–H and O–H groups in total. The predicted molar refractivity (Wildman–Crippen MR) is 58.1 cm³/mol. The van der Waals surface area contributed by atoms with Crippen LogP contribution in [0.4, 0.5) is 0 Å². The number of rotatable bonds is 6. The second-order valence-corrected chi connectivity index (χ2v) is 5.48. The SMILES string of the molecule is CCCN(CC(N)=S)S(=O)(=O)CC. The molecule has 6 heteroatoms. The molecule has 4 nitrogen and oxygen atoms in total. The topological polar surface area (TPSA) is 63.4 Å². The fourth-order valence-corrected chi connectivity index (χ4v) is 2.32. The summed E-state index contributed by atoms with van der Waals surface area (Å²) in [7, 11) is -3.15. The van der Waals surface area contributed by atoms with E-state index in [0.29, 0.717) is 6.54 Å². The van der Waals surface area contributed by atoms with Crippen LogP contribution in [0.3, 0.4) is 0 Å². The van der Waals surface area contributed by atoms with Crippen LogP contribution in [-0.4, -0.2) is 36.6 Å². The van der Waals surface area contributed by atoms with Gasteiger partial charge < -0.3 is 5.73 Å². The molecule has 0 aromatic heterocycles. The Morgan fingerprint density at radius 3 is 2.31 bits per heavy atom. The molecule has 13 heavy (non-hydrogen) atoms. The Hall–Kier alpha value is -0.200. The Morgan fingerprint density at radius 2 is 2.00 bits per heavy atom. The number of thiocarbonyl (C=S) groups is 1. The predicted octanol–water partition coefficient (Wildman–Crippen LogP) is 0.334. The van der Waals surface area contributed by atoms with Crippen molar-refractivity contribution in [1.29, 1.82) is 0 Å². The quantitative estimate of drug-likeness (QED) is 0.661. The van der Waals surface area contributed by atoms with Gasteiger partial charge >= 0.3 is 0 Å². The number of sulfonamides is 1. The lowest BCUT2D eigenvalue weighted by Gasteiger charge is -2.19. The highest BCUT2D eigenvalue weighted by Gasteiger charge is 2.19. The van der Waals surface area contributed by atoms with Gasteiger partial charge in [0.1, 0.15) is 0 Å². The highest BCUT2D eigenvalue weighted by molar-refractivity contribution is 7.89. The molecule has 0 aliphatic heterocycles. The fraction of sp³-hybridized carbons (Fsp3) is 0.857. The standard InChI is InChI=1S/C7H16N2O2S2/c1-3-5-9(6-7(8)12)13(10,11)4-2/h3-6H2,1-2H3,(H2,8,12). The van der Waals surface area contributed by atoms with Crippen molar-refractivity contribution in [2.75, 3.05) is 18.8 Å². The summed E-state index contributed by atoms with van der Waals surface area (Å²) < 4.78 is 24.2. The molecule has 0 radical (unpaired) electrons. The third kappa shape index (κ3) is 4.54. The van der Waals surface area contributed by atoms with Gasteiger partial charge in [0, 0.05) is 6.54 Å². The molecule has 0 spiro atoms. The maximum Gasteiger partial charge on any atom is 0.214 e. The van der Waals surface area contributed by atoms with E-state index in [1.165, 1.54) is 4.31 Å². The molecule has 0 atom stereocenters. The lowest BCUT2D eigenvalue weighted by molar-refractivity contribution is 0.450. The summed E-state index contributed by atoms with van der Waals surface area (Å²) in [6.45, 7) is 4.15. The van der Waals surface area contributed by atoms with Crippen molar-refractivity contribution >= 4 is 27.2 Å². The first kappa shape index (κ1) is 12.8. The van der Waals surface area contributed by atoms with Gasteiger partial charge in [-0.05, 0) is 13.3 Å². The molecular formula is C7H16N2O2S2. The Kier molecular flexibility index (Phi) is 5.43. The van der Waals surface area contributed by atoms with E-state index >= 15 is 0 Å². The lowest BCUT2D eigenvalue weighted by atomic mass is 10.5. The first-order chi connectivity index (χ1) is 5.94. The van der Waals surface area contributed by atoms with Crippen molar-refractivity contribution in [2.45, 2.75) is 20.3 Å². The van der Waals surface area contributed by atoms with E-state index in [9.17, 15) is 8.42 Å². The van der Waals surface area contributed by atoms with E-state index in [1.807, 2.05) is 6.92 Å². The number of hydrogen-bond acceptors (Lipinski definition) is 3. The normalized spacial score (nSPS) is 11.9. The molecule has 0 aliphatic rings. The average Bonchev–Trinajstić information content (AvgIpc) is 2.03. The van der Waals surface area contributed by atoms with Crippen LogP contribution in [0, 0.1) is 0 Å². The van der Waals surface area contributed by atoms with E-state index in [2.05, 4.69) is 12.2 Å². The minimum atomic E-state index is -3.15. The summed E-state index contributed by atoms with van der Waals surface area (Å²) in [5.74, 6) is 0.0929. The molecule has 0 aromatic carbocycles. The highest BCUT2D eigenvalue weighted by atomic mass is 32.2. The van der Waals surface area contributed by atoms with Gasteiger partial charge in [0.25, 0.3) is 0 Å². The molecule has 0 fully saturated rings. The summed E-state index contributed by atoms with van der Waals surface area (Å²) in [5.41, 5.74) is 5.30. The molecule has 0 unspecified atom stereocenters. The molecule has 0 aliphatic carbocycles. The van der Waals surface area contributed by atoms with Crippen LogP contribution in [0.1, 0.15) is 20.3 Å². The van der Waals surface area contributed by atoms with Crippen molar-refractivity contribution in [3.05, 3.63) is 0 Å². The zero-order chi connectivity index (χ0) is 10.5. The summed E-state index contributed by atoms with van der Waals surface area (Å²) >= 11 is 4.67. The minimum absolute atomic E-state index is 0.0929. The van der Waals surface area contributed by atoms with Gasteiger partial charge in [-0.15, -0.1) is 0 Å². The van der Waals surface area contributed by atoms with Crippen LogP contribution in [0.15, 0.2) is 0 Å². The first-order valence-corrected chi connectivity index (χ1v) is 6.22. The van der Waals surface area contributed by atoms with Crippen LogP contribution in [-0.2, 0) is 10.0 Å². The number of nitrogens with zero attached hydrogens (tertiary/aromatic N) is 1. The smallest absolute Gasteiger partial charge is 0.214 e. The summed E-state index contributed by atoms with van der Waals surface area (Å²) in [6, 6.07) is 0. The Morgan fingerprint density at radius 1 is 1.46 bits per heavy atom. The summed E-state index contributed by atoms with van der Waals surface area (Å²) in [4.78, 5) is 0.213. The van der Waals surface area contributed by atoms with Crippen molar-refractivity contribution in [2.24, 2.45) is 5.73 Å². The highest BCUT2D eigenvalue weighted by Crippen LogP contribution is 2.02. The van der Waals surface area contributed by atoms with E-state index in [0.717, 1.165) is 6.42 Å². The molecule has 78 valence electrons. The Labute approximate surface area is 85.1 Å². The molecule has 0 saturated heterocycles. The van der Waals surface area contributed by atoms with Crippen LogP contribution < -0.4 is 5.73 Å². The zero-order valence-corrected chi connectivity index (χ0v) is 9.62. The van der Waals surface area contributed by atoms with Gasteiger partial charge in [0.15, 0.2) is 0 Å². The van der Waals surface area contributed by atoms with Crippen molar-refractivity contribution < 1.29 is 8.42 Å². The fourth-order valence-electron chi connectivity index (χ4n) is 0.922. The largest absolute Gasteiger partial charge is 0.392 e. The van der Waals surface area contributed by atoms with E-state index in [4.69, 9.17) is 5.73 Å². The van der Waals surface area contributed by atoms with E-state index in [1.54, 1.807) is 6.92 Å². The monoisotopic (exact) mass is 224 g/mol. The van der Waals surface area contributed by atoms with Gasteiger partial charge in [-0.1, -0.05) is 19.1 Å². The molecule has 0 aromatic rings. The summed E-state index contributed by atoms with van der Waals surface area (Å²) in [5, 5.41) is 0. The second kappa shape index (κ2) is 5.51. The van der Waals surface area contributed by atoms with Gasteiger partial charge in [-0.25, -0.2) is 8.42 Å². The molecule has 0 rings (SSSR count). The lowest BCUT2D eigenvalue weighted by Crippen LogP contribution is -2.39. The number of nitrogens with two attached hydrogens (primary N) is 1. The number of hydrogen-bond donors (Lipinski definition) is 1. The van der Waals surface area contributed by atoms with Crippen molar-refractivity contribution in [1.82, 2.24) is 4.31 Å². The van der Waals surface area contributed by atoms with E-state index in [-0.39, 0.29) is 17.3 Å².